The molecule has 0 saturated carbocycles. The van der Waals surface area contributed by atoms with Gasteiger partial charge in [-0.3, -0.25) is 4.98 Å². The lowest BCUT2D eigenvalue weighted by Gasteiger charge is -2.01. The zero-order valence-electron chi connectivity index (χ0n) is 8.90. The second-order valence-electron chi connectivity index (χ2n) is 3.10. The minimum atomic E-state index is 0.836. The van der Waals surface area contributed by atoms with Crippen molar-refractivity contribution in [3.63, 3.8) is 0 Å². The Balaban J connectivity index is 0.000000187. The van der Waals surface area contributed by atoms with E-state index in [1.807, 2.05) is 17.5 Å². The number of rotatable bonds is 1. The molecule has 0 aliphatic carbocycles. The minimum Gasteiger partial charge on any atom is -0.253 e. The zero-order chi connectivity index (χ0) is 11.1. The predicted molar refractivity (Wildman–Crippen MR) is 67.7 cm³/mol. The summed E-state index contributed by atoms with van der Waals surface area (Å²) in [6.45, 7) is 4.24. The number of aromatic nitrogens is 1. The molecule has 1 aromatic carbocycles. The summed E-state index contributed by atoms with van der Waals surface area (Å²) in [6.07, 6.45) is 2.83. The average molecular weight is 240 g/mol. The molecule has 0 fully saturated rings. The molecule has 1 nitrogen and oxygen atoms in total. The van der Waals surface area contributed by atoms with Crippen molar-refractivity contribution in [3.05, 3.63) is 51.4 Å². The first kappa shape index (κ1) is 12.2. The molecule has 2 aromatic rings. The molecule has 0 N–H and O–H groups in total. The molecule has 0 unspecified atom stereocenters. The van der Waals surface area contributed by atoms with Gasteiger partial charge in [-0.15, -0.1) is 11.3 Å². The van der Waals surface area contributed by atoms with E-state index < -0.39 is 0 Å². The van der Waals surface area contributed by atoms with Crippen LogP contribution in [-0.2, 0) is 6.42 Å². The van der Waals surface area contributed by atoms with Crippen LogP contribution in [0, 0.1) is 6.92 Å². The van der Waals surface area contributed by atoms with Gasteiger partial charge in [0, 0.05) is 16.6 Å². The third-order valence-electron chi connectivity index (χ3n) is 2.04. The molecule has 1 aromatic heterocycles. The van der Waals surface area contributed by atoms with Gasteiger partial charge in [0.05, 0.1) is 5.51 Å². The highest BCUT2D eigenvalue weighted by Crippen LogP contribution is 2.15. The lowest BCUT2D eigenvalue weighted by atomic mass is 10.1. The van der Waals surface area contributed by atoms with E-state index in [9.17, 15) is 0 Å². The number of benzene rings is 1. The zero-order valence-corrected chi connectivity index (χ0v) is 10.5. The largest absolute Gasteiger partial charge is 0.253 e. The normalized spacial score (nSPS) is 9.27. The van der Waals surface area contributed by atoms with E-state index in [-0.39, 0.29) is 0 Å². The molecule has 0 bridgehead atoms. The van der Waals surface area contributed by atoms with Gasteiger partial charge in [0.2, 0.25) is 0 Å². The van der Waals surface area contributed by atoms with Crippen molar-refractivity contribution in [1.29, 1.82) is 0 Å². The Hall–Kier alpha value is -0.860. The Morgan fingerprint density at radius 1 is 1.40 bits per heavy atom. The second-order valence-corrected chi connectivity index (χ2v) is 4.29. The summed E-state index contributed by atoms with van der Waals surface area (Å²) in [7, 11) is 0. The fourth-order valence-electron chi connectivity index (χ4n) is 1.20. The van der Waals surface area contributed by atoms with Crippen molar-refractivity contribution >= 4 is 22.9 Å². The maximum atomic E-state index is 5.80. The van der Waals surface area contributed by atoms with Gasteiger partial charge < -0.3 is 0 Å². The number of aryl methyl sites for hydroxylation is 2. The molecule has 0 saturated heterocycles. The van der Waals surface area contributed by atoms with Crippen LogP contribution >= 0.6 is 22.9 Å². The van der Waals surface area contributed by atoms with E-state index in [1.54, 1.807) is 23.0 Å². The maximum Gasteiger partial charge on any atom is 0.0791 e. The molecule has 0 aliphatic heterocycles. The Kier molecular flexibility index (Phi) is 5.37. The number of hydrogen-bond acceptors (Lipinski definition) is 2. The molecular formula is C12H14ClNS. The molecule has 0 amide bonds. The first-order valence-electron chi connectivity index (χ1n) is 4.81. The Bertz CT molecular complexity index is 367. The summed E-state index contributed by atoms with van der Waals surface area (Å²) in [5.41, 5.74) is 4.46. The monoisotopic (exact) mass is 239 g/mol. The molecule has 0 radical (unpaired) electrons. The molecule has 1 heterocycles. The van der Waals surface area contributed by atoms with Gasteiger partial charge in [0.15, 0.2) is 0 Å². The Morgan fingerprint density at radius 2 is 2.20 bits per heavy atom. The van der Waals surface area contributed by atoms with E-state index in [0.29, 0.717) is 0 Å². The first-order chi connectivity index (χ1) is 7.24. The van der Waals surface area contributed by atoms with Gasteiger partial charge in [-0.05, 0) is 36.6 Å². The third-order valence-corrected chi connectivity index (χ3v) is 2.80. The Morgan fingerprint density at radius 3 is 2.60 bits per heavy atom. The molecular weight excluding hydrogens is 226 g/mol. The second kappa shape index (κ2) is 6.59. The fourth-order valence-corrected chi connectivity index (χ4v) is 1.74. The van der Waals surface area contributed by atoms with Crippen LogP contribution in [0.3, 0.4) is 0 Å². The van der Waals surface area contributed by atoms with Crippen molar-refractivity contribution in [1.82, 2.24) is 4.98 Å². The molecule has 2 rings (SSSR count). The molecule has 15 heavy (non-hydrogen) atoms. The number of thiazole rings is 1. The summed E-state index contributed by atoms with van der Waals surface area (Å²) in [4.78, 5) is 3.74. The van der Waals surface area contributed by atoms with Crippen LogP contribution in [0.1, 0.15) is 18.1 Å². The summed E-state index contributed by atoms with van der Waals surface area (Å²) in [6, 6.07) is 6.01. The van der Waals surface area contributed by atoms with E-state index in [1.165, 1.54) is 11.1 Å². The summed E-state index contributed by atoms with van der Waals surface area (Å²) >= 11 is 7.40. The van der Waals surface area contributed by atoms with E-state index in [4.69, 9.17) is 11.6 Å². The fraction of sp³-hybridized carbons (Fsp3) is 0.250. The van der Waals surface area contributed by atoms with Gasteiger partial charge in [0.25, 0.3) is 0 Å². The number of hydrogen-bond donors (Lipinski definition) is 0. The van der Waals surface area contributed by atoms with Gasteiger partial charge in [-0.1, -0.05) is 24.6 Å². The van der Waals surface area contributed by atoms with E-state index in [0.717, 1.165) is 11.4 Å². The van der Waals surface area contributed by atoms with Gasteiger partial charge >= 0.3 is 0 Å². The molecule has 3 heteroatoms. The van der Waals surface area contributed by atoms with Gasteiger partial charge in [0.1, 0.15) is 0 Å². The van der Waals surface area contributed by atoms with E-state index in [2.05, 4.69) is 24.9 Å². The van der Waals surface area contributed by atoms with E-state index >= 15 is 0 Å². The summed E-state index contributed by atoms with van der Waals surface area (Å²) in [5.74, 6) is 0. The van der Waals surface area contributed by atoms with Crippen LogP contribution in [-0.4, -0.2) is 4.98 Å². The summed E-state index contributed by atoms with van der Waals surface area (Å²) in [5, 5.41) is 2.77. The first-order valence-corrected chi connectivity index (χ1v) is 6.13. The smallest absolute Gasteiger partial charge is 0.0791 e. The SMILES string of the molecule is CCc1cc(Cl)ccc1C.c1cscn1. The highest BCUT2D eigenvalue weighted by molar-refractivity contribution is 7.07. The molecule has 80 valence electrons. The van der Waals surface area contributed by atoms with Crippen molar-refractivity contribution in [2.75, 3.05) is 0 Å². The van der Waals surface area contributed by atoms with Crippen LogP contribution in [0.15, 0.2) is 35.3 Å². The van der Waals surface area contributed by atoms with Crippen LogP contribution in [0.25, 0.3) is 0 Å². The topological polar surface area (TPSA) is 12.9 Å². The van der Waals surface area contributed by atoms with Crippen molar-refractivity contribution in [2.45, 2.75) is 20.3 Å². The molecule has 0 spiro atoms. The third kappa shape index (κ3) is 4.45. The predicted octanol–water partition coefficient (Wildman–Crippen LogP) is 4.35. The maximum absolute atomic E-state index is 5.80. The van der Waals surface area contributed by atoms with Crippen LogP contribution in [0.5, 0.6) is 0 Å². The van der Waals surface area contributed by atoms with Gasteiger partial charge in [-0.2, -0.15) is 0 Å². The molecule has 0 atom stereocenters. The number of nitrogens with zero attached hydrogens (tertiary/aromatic N) is 1. The molecule has 0 aliphatic rings. The average Bonchev–Trinajstić information content (AvgIpc) is 2.80. The quantitative estimate of drug-likeness (QED) is 0.721. The highest BCUT2D eigenvalue weighted by atomic mass is 35.5. The van der Waals surface area contributed by atoms with Crippen LogP contribution in [0.2, 0.25) is 5.02 Å². The van der Waals surface area contributed by atoms with Crippen molar-refractivity contribution in [3.8, 4) is 0 Å². The standard InChI is InChI=1S/C9H11Cl.C3H3NS/c1-3-8-6-9(10)5-4-7(8)2;1-2-5-3-4-1/h4-6H,3H2,1-2H3;1-3H. The van der Waals surface area contributed by atoms with Gasteiger partial charge in [-0.25, -0.2) is 0 Å². The van der Waals surface area contributed by atoms with Crippen LogP contribution < -0.4 is 0 Å². The van der Waals surface area contributed by atoms with Crippen LogP contribution in [0.4, 0.5) is 0 Å². The lowest BCUT2D eigenvalue weighted by Crippen LogP contribution is -1.84. The lowest BCUT2D eigenvalue weighted by molar-refractivity contribution is 1.11. The summed E-state index contributed by atoms with van der Waals surface area (Å²) < 4.78 is 0. The number of halogens is 1. The minimum absolute atomic E-state index is 0.836. The highest BCUT2D eigenvalue weighted by Gasteiger charge is 1.94. The Labute approximate surface area is 99.8 Å². The van der Waals surface area contributed by atoms with Crippen molar-refractivity contribution < 1.29 is 0 Å². The van der Waals surface area contributed by atoms with Crippen molar-refractivity contribution in [2.24, 2.45) is 0 Å².